The summed E-state index contributed by atoms with van der Waals surface area (Å²) in [7, 11) is 1.25. The first-order chi connectivity index (χ1) is 10.2. The summed E-state index contributed by atoms with van der Waals surface area (Å²) in [5.41, 5.74) is -0.630. The Balaban J connectivity index is 2.79. The van der Waals surface area contributed by atoms with Crippen LogP contribution in [-0.4, -0.2) is 24.8 Å². The van der Waals surface area contributed by atoms with Crippen LogP contribution in [0.5, 0.6) is 0 Å². The highest BCUT2D eigenvalue weighted by molar-refractivity contribution is 9.10. The second-order valence-electron chi connectivity index (χ2n) is 5.22. The van der Waals surface area contributed by atoms with Gasteiger partial charge in [0.05, 0.1) is 7.11 Å². The first-order valence-electron chi connectivity index (χ1n) is 6.42. The number of esters is 1. The second-order valence-corrected chi connectivity index (χ2v) is 7.08. The van der Waals surface area contributed by atoms with Crippen molar-refractivity contribution in [3.63, 3.8) is 0 Å². The summed E-state index contributed by atoms with van der Waals surface area (Å²) in [6.45, 7) is 5.22. The van der Waals surface area contributed by atoms with Crippen LogP contribution >= 0.6 is 27.7 Å². The third-order valence-corrected chi connectivity index (χ3v) is 3.59. The number of carbonyl (C=O) groups is 2. The molecule has 1 aromatic rings. The third kappa shape index (κ3) is 7.00. The lowest BCUT2D eigenvalue weighted by molar-refractivity contribution is -0.136. The molecule has 0 heterocycles. The molecule has 1 rings (SSSR count). The number of halogens is 1. The Bertz CT molecular complexity index is 564. The van der Waals surface area contributed by atoms with Crippen LogP contribution in [0, 0.1) is 0 Å². The quantitative estimate of drug-likeness (QED) is 0.478. The van der Waals surface area contributed by atoms with Crippen molar-refractivity contribution in [2.75, 3.05) is 7.11 Å². The highest BCUT2D eigenvalue weighted by Crippen LogP contribution is 2.22. The number of methoxy groups -OCH3 is 1. The van der Waals surface area contributed by atoms with E-state index >= 15 is 0 Å². The SMILES string of the molecule is COC(=O)/C(=C\Sc1ccc(Br)cc1)NC(=O)OC(C)(C)C. The molecule has 7 heteroatoms. The first-order valence-corrected chi connectivity index (χ1v) is 8.09. The summed E-state index contributed by atoms with van der Waals surface area (Å²) >= 11 is 4.64. The van der Waals surface area contributed by atoms with Crippen LogP contribution in [0.1, 0.15) is 20.8 Å². The summed E-state index contributed by atoms with van der Waals surface area (Å²) in [5, 5.41) is 3.91. The summed E-state index contributed by atoms with van der Waals surface area (Å²) in [4.78, 5) is 24.4. The molecule has 1 aromatic carbocycles. The van der Waals surface area contributed by atoms with Crippen molar-refractivity contribution >= 4 is 39.8 Å². The van der Waals surface area contributed by atoms with E-state index in [2.05, 4.69) is 26.0 Å². The normalized spacial score (nSPS) is 11.8. The maximum Gasteiger partial charge on any atom is 0.412 e. The fourth-order valence-electron chi connectivity index (χ4n) is 1.29. The smallest absolute Gasteiger partial charge is 0.412 e. The average molecular weight is 388 g/mol. The largest absolute Gasteiger partial charge is 0.464 e. The number of benzene rings is 1. The Labute approximate surface area is 142 Å². The van der Waals surface area contributed by atoms with Crippen molar-refractivity contribution in [1.82, 2.24) is 5.32 Å². The number of hydrogen-bond acceptors (Lipinski definition) is 5. The van der Waals surface area contributed by atoms with E-state index in [1.54, 1.807) is 20.8 Å². The van der Waals surface area contributed by atoms with Crippen molar-refractivity contribution in [2.24, 2.45) is 0 Å². The van der Waals surface area contributed by atoms with E-state index in [0.29, 0.717) is 0 Å². The van der Waals surface area contributed by atoms with Crippen LogP contribution in [-0.2, 0) is 14.3 Å². The molecule has 0 spiro atoms. The Morgan fingerprint density at radius 1 is 1.23 bits per heavy atom. The molecule has 0 unspecified atom stereocenters. The molecule has 0 saturated heterocycles. The van der Waals surface area contributed by atoms with Crippen LogP contribution < -0.4 is 5.32 Å². The van der Waals surface area contributed by atoms with Gasteiger partial charge in [-0.2, -0.15) is 0 Å². The minimum Gasteiger partial charge on any atom is -0.464 e. The summed E-state index contributed by atoms with van der Waals surface area (Å²) in [6.07, 6.45) is -0.708. The van der Waals surface area contributed by atoms with E-state index in [4.69, 9.17) is 4.74 Å². The average Bonchev–Trinajstić information content (AvgIpc) is 2.42. The topological polar surface area (TPSA) is 64.6 Å². The molecule has 0 radical (unpaired) electrons. The number of carbonyl (C=O) groups excluding carboxylic acids is 2. The zero-order valence-corrected chi connectivity index (χ0v) is 15.2. The van der Waals surface area contributed by atoms with Gasteiger partial charge >= 0.3 is 12.1 Å². The number of thioether (sulfide) groups is 1. The van der Waals surface area contributed by atoms with Crippen LogP contribution in [0.15, 0.2) is 44.7 Å². The third-order valence-electron chi connectivity index (χ3n) is 2.17. The van der Waals surface area contributed by atoms with Gasteiger partial charge in [-0.15, -0.1) is 0 Å². The Morgan fingerprint density at radius 2 is 1.82 bits per heavy atom. The van der Waals surface area contributed by atoms with E-state index < -0.39 is 17.7 Å². The molecule has 1 N–H and O–H groups in total. The lowest BCUT2D eigenvalue weighted by Gasteiger charge is -2.20. The minimum atomic E-state index is -0.708. The summed E-state index contributed by atoms with van der Waals surface area (Å²) in [5.74, 6) is -0.643. The molecule has 5 nitrogen and oxygen atoms in total. The number of hydrogen-bond donors (Lipinski definition) is 1. The predicted octanol–water partition coefficient (Wildman–Crippen LogP) is 4.08. The lowest BCUT2D eigenvalue weighted by Crippen LogP contribution is -2.34. The van der Waals surface area contributed by atoms with Crippen LogP contribution in [0.4, 0.5) is 4.79 Å². The Hall–Kier alpha value is -1.47. The monoisotopic (exact) mass is 387 g/mol. The molecular weight excluding hydrogens is 370 g/mol. The highest BCUT2D eigenvalue weighted by Gasteiger charge is 2.20. The Morgan fingerprint density at radius 3 is 2.32 bits per heavy atom. The van der Waals surface area contributed by atoms with Crippen LogP contribution in [0.2, 0.25) is 0 Å². The van der Waals surface area contributed by atoms with Crippen LogP contribution in [0.25, 0.3) is 0 Å². The van der Waals surface area contributed by atoms with E-state index in [0.717, 1.165) is 9.37 Å². The molecule has 0 saturated carbocycles. The molecule has 0 aliphatic heterocycles. The number of amides is 1. The molecule has 0 aromatic heterocycles. The van der Waals surface area contributed by atoms with Gasteiger partial charge in [0.25, 0.3) is 0 Å². The summed E-state index contributed by atoms with van der Waals surface area (Å²) in [6, 6.07) is 7.53. The molecular formula is C15H18BrNO4S. The van der Waals surface area contributed by atoms with Crippen molar-refractivity contribution < 1.29 is 19.1 Å². The number of alkyl carbamates (subject to hydrolysis) is 1. The van der Waals surface area contributed by atoms with Gasteiger partial charge in [-0.3, -0.25) is 5.32 Å². The summed E-state index contributed by atoms with van der Waals surface area (Å²) < 4.78 is 10.7. The van der Waals surface area contributed by atoms with Gasteiger partial charge in [-0.1, -0.05) is 27.7 Å². The van der Waals surface area contributed by atoms with Gasteiger partial charge in [-0.25, -0.2) is 9.59 Å². The van der Waals surface area contributed by atoms with E-state index in [-0.39, 0.29) is 5.70 Å². The maximum atomic E-state index is 11.7. The molecule has 0 fully saturated rings. The molecule has 0 atom stereocenters. The van der Waals surface area contributed by atoms with E-state index in [1.807, 2.05) is 24.3 Å². The first kappa shape index (κ1) is 18.6. The zero-order valence-electron chi connectivity index (χ0n) is 12.8. The highest BCUT2D eigenvalue weighted by atomic mass is 79.9. The standard InChI is InChI=1S/C15H18BrNO4S/c1-15(2,3)21-14(19)17-12(13(18)20-4)9-22-11-7-5-10(16)6-8-11/h5-9H,1-4H3,(H,17,19)/b12-9+. The van der Waals surface area contributed by atoms with Crippen LogP contribution in [0.3, 0.4) is 0 Å². The van der Waals surface area contributed by atoms with Gasteiger partial charge in [0, 0.05) is 14.8 Å². The maximum absolute atomic E-state index is 11.7. The molecule has 22 heavy (non-hydrogen) atoms. The van der Waals surface area contributed by atoms with Crippen molar-refractivity contribution in [2.45, 2.75) is 31.3 Å². The van der Waals surface area contributed by atoms with Crippen molar-refractivity contribution in [3.05, 3.63) is 39.8 Å². The molecule has 120 valence electrons. The van der Waals surface area contributed by atoms with Gasteiger partial charge < -0.3 is 9.47 Å². The van der Waals surface area contributed by atoms with Crippen molar-refractivity contribution in [1.29, 1.82) is 0 Å². The number of ether oxygens (including phenoxy) is 2. The van der Waals surface area contributed by atoms with Gasteiger partial charge in [0.15, 0.2) is 0 Å². The number of rotatable bonds is 4. The number of nitrogens with one attached hydrogen (secondary N) is 1. The van der Waals surface area contributed by atoms with Gasteiger partial charge in [0.2, 0.25) is 0 Å². The minimum absolute atomic E-state index is 0.0182. The predicted molar refractivity (Wildman–Crippen MR) is 89.5 cm³/mol. The van der Waals surface area contributed by atoms with E-state index in [1.165, 1.54) is 24.3 Å². The lowest BCUT2D eigenvalue weighted by atomic mass is 10.2. The molecule has 1 amide bonds. The van der Waals surface area contributed by atoms with Crippen molar-refractivity contribution in [3.8, 4) is 0 Å². The second kappa shape index (κ2) is 8.24. The van der Waals surface area contributed by atoms with Gasteiger partial charge in [0.1, 0.15) is 11.3 Å². The molecule has 0 aliphatic rings. The molecule has 0 aliphatic carbocycles. The fourth-order valence-corrected chi connectivity index (χ4v) is 2.26. The molecule has 0 bridgehead atoms. The van der Waals surface area contributed by atoms with E-state index in [9.17, 15) is 9.59 Å². The Kier molecular flexibility index (Phi) is 6.96. The van der Waals surface area contributed by atoms with Gasteiger partial charge in [-0.05, 0) is 45.0 Å². The zero-order chi connectivity index (χ0) is 16.8. The fraction of sp³-hybridized carbons (Fsp3) is 0.333.